The molecule has 120 valence electrons. The minimum atomic E-state index is 0.0679. The molecule has 1 aliphatic rings. The van der Waals surface area contributed by atoms with Crippen LogP contribution in [0.1, 0.15) is 10.4 Å². The lowest BCUT2D eigenvalue weighted by atomic mass is 10.2. The van der Waals surface area contributed by atoms with E-state index in [4.69, 9.17) is 4.74 Å². The number of piperazine rings is 1. The van der Waals surface area contributed by atoms with Crippen LogP contribution in [0, 0.1) is 0 Å². The number of carbonyl (C=O) groups is 1. The van der Waals surface area contributed by atoms with Crippen LogP contribution in [0.4, 0.5) is 0 Å². The SMILES string of the molecule is O=C(c1cccnc1)N1CCN(CCOc2ccccc2)CC1. The predicted octanol–water partition coefficient (Wildman–Crippen LogP) is 1.92. The highest BCUT2D eigenvalue weighted by Gasteiger charge is 2.21. The zero-order chi connectivity index (χ0) is 15.9. The fourth-order valence-electron chi connectivity index (χ4n) is 2.66. The lowest BCUT2D eigenvalue weighted by Gasteiger charge is -2.34. The highest BCUT2D eigenvalue weighted by atomic mass is 16.5. The Kier molecular flexibility index (Phi) is 5.21. The van der Waals surface area contributed by atoms with Crippen LogP contribution in [-0.4, -0.2) is 60.0 Å². The first-order valence-electron chi connectivity index (χ1n) is 7.92. The van der Waals surface area contributed by atoms with E-state index in [0.717, 1.165) is 38.5 Å². The third-order valence-electron chi connectivity index (χ3n) is 3.99. The first-order chi connectivity index (χ1) is 11.3. The molecule has 2 aromatic rings. The van der Waals surface area contributed by atoms with Crippen molar-refractivity contribution in [3.05, 3.63) is 60.4 Å². The van der Waals surface area contributed by atoms with Crippen LogP contribution in [0.3, 0.4) is 0 Å². The van der Waals surface area contributed by atoms with Gasteiger partial charge in [0.1, 0.15) is 12.4 Å². The third-order valence-corrected chi connectivity index (χ3v) is 3.99. The van der Waals surface area contributed by atoms with Crippen molar-refractivity contribution in [3.63, 3.8) is 0 Å². The molecule has 23 heavy (non-hydrogen) atoms. The summed E-state index contributed by atoms with van der Waals surface area (Å²) in [4.78, 5) is 20.6. The van der Waals surface area contributed by atoms with E-state index in [1.165, 1.54) is 0 Å². The van der Waals surface area contributed by atoms with Crippen molar-refractivity contribution < 1.29 is 9.53 Å². The number of amides is 1. The molecule has 5 heteroatoms. The Hall–Kier alpha value is -2.40. The molecular weight excluding hydrogens is 290 g/mol. The van der Waals surface area contributed by atoms with Crippen molar-refractivity contribution in [1.82, 2.24) is 14.8 Å². The predicted molar refractivity (Wildman–Crippen MR) is 88.5 cm³/mol. The number of carbonyl (C=O) groups excluding carboxylic acids is 1. The van der Waals surface area contributed by atoms with Gasteiger partial charge < -0.3 is 9.64 Å². The monoisotopic (exact) mass is 311 g/mol. The lowest BCUT2D eigenvalue weighted by Crippen LogP contribution is -2.49. The van der Waals surface area contributed by atoms with E-state index in [9.17, 15) is 4.79 Å². The topological polar surface area (TPSA) is 45.7 Å². The van der Waals surface area contributed by atoms with Crippen LogP contribution < -0.4 is 4.74 Å². The van der Waals surface area contributed by atoms with E-state index < -0.39 is 0 Å². The van der Waals surface area contributed by atoms with Crippen molar-refractivity contribution in [3.8, 4) is 5.75 Å². The van der Waals surface area contributed by atoms with Gasteiger partial charge in [-0.3, -0.25) is 14.7 Å². The largest absolute Gasteiger partial charge is 0.492 e. The van der Waals surface area contributed by atoms with E-state index in [-0.39, 0.29) is 5.91 Å². The Morgan fingerprint density at radius 2 is 1.83 bits per heavy atom. The molecule has 0 radical (unpaired) electrons. The Balaban J connectivity index is 1.41. The molecule has 0 saturated carbocycles. The van der Waals surface area contributed by atoms with E-state index in [0.29, 0.717) is 12.2 Å². The van der Waals surface area contributed by atoms with Gasteiger partial charge in [0.15, 0.2) is 0 Å². The number of para-hydroxylation sites is 1. The third kappa shape index (κ3) is 4.29. The Labute approximate surface area is 136 Å². The minimum Gasteiger partial charge on any atom is -0.492 e. The second kappa shape index (κ2) is 7.74. The number of ether oxygens (including phenoxy) is 1. The standard InChI is InChI=1S/C18H21N3O2/c22-18(16-5-4-8-19-15-16)21-11-9-20(10-12-21)13-14-23-17-6-2-1-3-7-17/h1-8,15H,9-14H2. The molecule has 0 aliphatic carbocycles. The maximum Gasteiger partial charge on any atom is 0.255 e. The number of rotatable bonds is 5. The minimum absolute atomic E-state index is 0.0679. The van der Waals surface area contributed by atoms with Crippen LogP contribution in [0.2, 0.25) is 0 Å². The van der Waals surface area contributed by atoms with Gasteiger partial charge in [-0.15, -0.1) is 0 Å². The molecule has 0 unspecified atom stereocenters. The summed E-state index contributed by atoms with van der Waals surface area (Å²) in [5, 5.41) is 0. The first-order valence-corrected chi connectivity index (χ1v) is 7.92. The summed E-state index contributed by atoms with van der Waals surface area (Å²) in [5.74, 6) is 0.969. The highest BCUT2D eigenvalue weighted by molar-refractivity contribution is 5.93. The van der Waals surface area contributed by atoms with Crippen molar-refractivity contribution in [2.24, 2.45) is 0 Å². The fraction of sp³-hybridized carbons (Fsp3) is 0.333. The number of aromatic nitrogens is 1. The number of pyridine rings is 1. The molecule has 1 fully saturated rings. The zero-order valence-electron chi connectivity index (χ0n) is 13.1. The van der Waals surface area contributed by atoms with Crippen LogP contribution in [-0.2, 0) is 0 Å². The van der Waals surface area contributed by atoms with Gasteiger partial charge in [-0.05, 0) is 24.3 Å². The van der Waals surface area contributed by atoms with Gasteiger partial charge in [-0.2, -0.15) is 0 Å². The lowest BCUT2D eigenvalue weighted by molar-refractivity contribution is 0.0620. The smallest absolute Gasteiger partial charge is 0.255 e. The summed E-state index contributed by atoms with van der Waals surface area (Å²) in [6, 6.07) is 13.5. The summed E-state index contributed by atoms with van der Waals surface area (Å²) < 4.78 is 5.72. The second-order valence-corrected chi connectivity index (χ2v) is 5.54. The first kappa shape index (κ1) is 15.5. The summed E-state index contributed by atoms with van der Waals surface area (Å²) in [5.41, 5.74) is 0.661. The Bertz CT molecular complexity index is 611. The summed E-state index contributed by atoms with van der Waals surface area (Å²) >= 11 is 0. The van der Waals surface area contributed by atoms with Crippen molar-refractivity contribution in [1.29, 1.82) is 0 Å². The molecule has 1 amide bonds. The molecule has 0 spiro atoms. The average Bonchev–Trinajstić information content (AvgIpc) is 2.63. The molecular formula is C18H21N3O2. The van der Waals surface area contributed by atoms with Crippen molar-refractivity contribution in [2.75, 3.05) is 39.3 Å². The number of hydrogen-bond donors (Lipinski definition) is 0. The fourth-order valence-corrected chi connectivity index (χ4v) is 2.66. The second-order valence-electron chi connectivity index (χ2n) is 5.54. The average molecular weight is 311 g/mol. The van der Waals surface area contributed by atoms with Gasteiger partial charge in [0.05, 0.1) is 5.56 Å². The quantitative estimate of drug-likeness (QED) is 0.846. The van der Waals surface area contributed by atoms with Gasteiger partial charge in [0.25, 0.3) is 5.91 Å². The number of benzene rings is 1. The van der Waals surface area contributed by atoms with Gasteiger partial charge >= 0.3 is 0 Å². The van der Waals surface area contributed by atoms with Gasteiger partial charge in [0.2, 0.25) is 0 Å². The molecule has 5 nitrogen and oxygen atoms in total. The molecule has 0 bridgehead atoms. The molecule has 1 aromatic carbocycles. The summed E-state index contributed by atoms with van der Waals surface area (Å²) in [6.07, 6.45) is 3.31. The number of nitrogens with zero attached hydrogens (tertiary/aromatic N) is 3. The van der Waals surface area contributed by atoms with Crippen molar-refractivity contribution >= 4 is 5.91 Å². The van der Waals surface area contributed by atoms with Gasteiger partial charge in [-0.1, -0.05) is 18.2 Å². The van der Waals surface area contributed by atoms with E-state index in [1.54, 1.807) is 18.5 Å². The van der Waals surface area contributed by atoms with Crippen LogP contribution in [0.5, 0.6) is 5.75 Å². The molecule has 0 N–H and O–H groups in total. The van der Waals surface area contributed by atoms with Crippen molar-refractivity contribution in [2.45, 2.75) is 0 Å². The number of hydrogen-bond acceptors (Lipinski definition) is 4. The van der Waals surface area contributed by atoms with Gasteiger partial charge in [0, 0.05) is 45.1 Å². The molecule has 1 aromatic heterocycles. The maximum atomic E-state index is 12.3. The van der Waals surface area contributed by atoms with E-state index in [2.05, 4.69) is 9.88 Å². The molecule has 0 atom stereocenters. The van der Waals surface area contributed by atoms with Crippen LogP contribution >= 0.6 is 0 Å². The van der Waals surface area contributed by atoms with Gasteiger partial charge in [-0.25, -0.2) is 0 Å². The van der Waals surface area contributed by atoms with Crippen LogP contribution in [0.25, 0.3) is 0 Å². The Morgan fingerprint density at radius 3 is 2.52 bits per heavy atom. The highest BCUT2D eigenvalue weighted by Crippen LogP contribution is 2.10. The Morgan fingerprint density at radius 1 is 1.04 bits per heavy atom. The van der Waals surface area contributed by atoms with E-state index >= 15 is 0 Å². The molecule has 2 heterocycles. The molecule has 1 saturated heterocycles. The summed E-state index contributed by atoms with van der Waals surface area (Å²) in [7, 11) is 0. The maximum absolute atomic E-state index is 12.3. The summed E-state index contributed by atoms with van der Waals surface area (Å²) in [6.45, 7) is 4.80. The van der Waals surface area contributed by atoms with E-state index in [1.807, 2.05) is 41.3 Å². The molecule has 1 aliphatic heterocycles. The normalized spacial score (nSPS) is 15.4. The van der Waals surface area contributed by atoms with Crippen LogP contribution in [0.15, 0.2) is 54.9 Å². The molecule has 3 rings (SSSR count). The zero-order valence-corrected chi connectivity index (χ0v) is 13.1.